The number of benzene rings is 3. The van der Waals surface area contributed by atoms with Gasteiger partial charge in [0, 0.05) is 4.47 Å². The molecule has 5 nitrogen and oxygen atoms in total. The molecule has 156 valence electrons. The molecule has 3 atom stereocenters. The third-order valence-corrected chi connectivity index (χ3v) is 6.40. The highest BCUT2D eigenvalue weighted by Crippen LogP contribution is 2.48. The van der Waals surface area contributed by atoms with Gasteiger partial charge in [0.1, 0.15) is 5.92 Å². The van der Waals surface area contributed by atoms with Crippen LogP contribution in [-0.2, 0) is 14.4 Å². The van der Waals surface area contributed by atoms with Gasteiger partial charge in [0.25, 0.3) is 5.91 Å². The van der Waals surface area contributed by atoms with Crippen molar-refractivity contribution >= 4 is 39.1 Å². The number of fused-ring (bicyclic) bond motifs is 1. The number of anilines is 2. The summed E-state index contributed by atoms with van der Waals surface area (Å²) in [6.07, 6.45) is -0.864. The van der Waals surface area contributed by atoms with Gasteiger partial charge in [0.05, 0.1) is 17.4 Å². The second-order valence-corrected chi connectivity index (χ2v) is 8.93. The van der Waals surface area contributed by atoms with Crippen molar-refractivity contribution in [3.8, 4) is 0 Å². The molecule has 0 saturated carbocycles. The fraction of sp³-hybridized carbons (Fsp3) is 0.200. The fourth-order valence-corrected chi connectivity index (χ4v) is 4.95. The number of hydrogen-bond acceptors (Lipinski definition) is 4. The van der Waals surface area contributed by atoms with Crippen LogP contribution >= 0.6 is 15.9 Å². The molecule has 2 aliphatic heterocycles. The summed E-state index contributed by atoms with van der Waals surface area (Å²) in [7, 11) is 0. The molecule has 0 bridgehead atoms. The fourth-order valence-electron chi connectivity index (χ4n) is 4.54. The number of carbonyl (C=O) groups is 2. The standard InChI is InChI=1S/C25H21BrN2O3/c1-15-11-12-20(16(2)13-15)27-24(29)21-22(17-7-6-8-18(26)14-17)28(31-23(21)25(27)30)19-9-4-3-5-10-19/h3-14,21-23H,1-2H3/t21-,22+,23+/m1/s1. The summed E-state index contributed by atoms with van der Waals surface area (Å²) >= 11 is 3.53. The van der Waals surface area contributed by atoms with E-state index >= 15 is 0 Å². The number of hydrogen-bond donors (Lipinski definition) is 0. The quantitative estimate of drug-likeness (QED) is 0.492. The number of para-hydroxylation sites is 1. The summed E-state index contributed by atoms with van der Waals surface area (Å²) in [6, 6.07) is 22.7. The maximum absolute atomic E-state index is 13.7. The number of hydroxylamine groups is 1. The van der Waals surface area contributed by atoms with Gasteiger partial charge in [-0.15, -0.1) is 0 Å². The van der Waals surface area contributed by atoms with E-state index in [2.05, 4.69) is 15.9 Å². The Hall–Kier alpha value is -2.96. The van der Waals surface area contributed by atoms with E-state index in [-0.39, 0.29) is 11.8 Å². The molecule has 3 aromatic carbocycles. The predicted octanol–water partition coefficient (Wildman–Crippen LogP) is 5.12. The van der Waals surface area contributed by atoms with Crippen LogP contribution in [0.3, 0.4) is 0 Å². The largest absolute Gasteiger partial charge is 0.273 e. The second-order valence-electron chi connectivity index (χ2n) is 8.01. The number of nitrogens with zero attached hydrogens (tertiary/aromatic N) is 2. The van der Waals surface area contributed by atoms with Crippen LogP contribution in [0.15, 0.2) is 77.3 Å². The molecular weight excluding hydrogens is 456 g/mol. The Kier molecular flexibility index (Phi) is 4.91. The number of halogens is 1. The maximum atomic E-state index is 13.7. The number of carbonyl (C=O) groups excluding carboxylic acids is 2. The van der Waals surface area contributed by atoms with E-state index in [9.17, 15) is 9.59 Å². The molecule has 0 aromatic heterocycles. The zero-order chi connectivity index (χ0) is 21.7. The highest BCUT2D eigenvalue weighted by Gasteiger charge is 2.60. The average molecular weight is 477 g/mol. The summed E-state index contributed by atoms with van der Waals surface area (Å²) in [5.41, 5.74) is 4.31. The Balaban J connectivity index is 1.60. The summed E-state index contributed by atoms with van der Waals surface area (Å²) in [5, 5.41) is 1.71. The Morgan fingerprint density at radius 3 is 2.35 bits per heavy atom. The number of aryl methyl sites for hydroxylation is 2. The van der Waals surface area contributed by atoms with Gasteiger partial charge in [-0.3, -0.25) is 14.4 Å². The number of imide groups is 1. The average Bonchev–Trinajstić information content (AvgIpc) is 3.26. The van der Waals surface area contributed by atoms with Crippen LogP contribution in [0.4, 0.5) is 11.4 Å². The van der Waals surface area contributed by atoms with Crippen molar-refractivity contribution in [2.24, 2.45) is 5.92 Å². The normalized spacial score (nSPS) is 22.9. The molecule has 6 heteroatoms. The summed E-state index contributed by atoms with van der Waals surface area (Å²) in [5.74, 6) is -1.19. The van der Waals surface area contributed by atoms with Crippen LogP contribution in [-0.4, -0.2) is 17.9 Å². The number of rotatable bonds is 3. The minimum absolute atomic E-state index is 0.231. The van der Waals surface area contributed by atoms with Gasteiger partial charge in [-0.2, -0.15) is 0 Å². The smallest absolute Gasteiger partial charge is 0.266 e. The van der Waals surface area contributed by atoms with Crippen molar-refractivity contribution in [1.82, 2.24) is 0 Å². The molecule has 2 aliphatic rings. The molecule has 0 aliphatic carbocycles. The number of amides is 2. The zero-order valence-corrected chi connectivity index (χ0v) is 18.7. The lowest BCUT2D eigenvalue weighted by atomic mass is 9.90. The minimum Gasteiger partial charge on any atom is -0.273 e. The Morgan fingerprint density at radius 2 is 1.65 bits per heavy atom. The molecule has 31 heavy (non-hydrogen) atoms. The van der Waals surface area contributed by atoms with Gasteiger partial charge in [-0.25, -0.2) is 9.96 Å². The summed E-state index contributed by atoms with van der Waals surface area (Å²) in [4.78, 5) is 34.6. The Bertz CT molecular complexity index is 1180. The van der Waals surface area contributed by atoms with Crippen LogP contribution < -0.4 is 9.96 Å². The molecular formula is C25H21BrN2O3. The van der Waals surface area contributed by atoms with Gasteiger partial charge < -0.3 is 0 Å². The van der Waals surface area contributed by atoms with Crippen molar-refractivity contribution in [2.45, 2.75) is 26.0 Å². The summed E-state index contributed by atoms with van der Waals surface area (Å²) < 4.78 is 0.907. The molecule has 2 fully saturated rings. The van der Waals surface area contributed by atoms with Crippen LogP contribution in [0.5, 0.6) is 0 Å². The van der Waals surface area contributed by atoms with E-state index in [0.717, 1.165) is 26.9 Å². The minimum atomic E-state index is -0.864. The molecule has 2 heterocycles. The first-order valence-electron chi connectivity index (χ1n) is 10.2. The van der Waals surface area contributed by atoms with E-state index in [1.807, 2.05) is 86.6 Å². The SMILES string of the molecule is Cc1ccc(N2C(=O)[C@H]3[C@H](ON(c4ccccc4)[C@H]3c3cccc(Br)c3)C2=O)c(C)c1. The van der Waals surface area contributed by atoms with Crippen molar-refractivity contribution in [3.63, 3.8) is 0 Å². The molecule has 0 N–H and O–H groups in total. The highest BCUT2D eigenvalue weighted by molar-refractivity contribution is 9.10. The monoisotopic (exact) mass is 476 g/mol. The van der Waals surface area contributed by atoms with Crippen molar-refractivity contribution in [3.05, 3.63) is 94.0 Å². The molecule has 2 saturated heterocycles. The van der Waals surface area contributed by atoms with Crippen LogP contribution in [0, 0.1) is 19.8 Å². The van der Waals surface area contributed by atoms with Crippen LogP contribution in [0.1, 0.15) is 22.7 Å². The molecule has 0 unspecified atom stereocenters. The third-order valence-electron chi connectivity index (χ3n) is 5.91. The van der Waals surface area contributed by atoms with Crippen LogP contribution in [0.2, 0.25) is 0 Å². The van der Waals surface area contributed by atoms with Gasteiger partial charge in [0.15, 0.2) is 6.10 Å². The molecule has 3 aromatic rings. The molecule has 0 radical (unpaired) electrons. The first-order valence-corrected chi connectivity index (χ1v) is 11.0. The van der Waals surface area contributed by atoms with E-state index in [1.54, 1.807) is 5.06 Å². The third kappa shape index (κ3) is 3.27. The molecule has 0 spiro atoms. The molecule has 5 rings (SSSR count). The van der Waals surface area contributed by atoms with Crippen molar-refractivity contribution < 1.29 is 14.4 Å². The lowest BCUT2D eigenvalue weighted by Crippen LogP contribution is -2.37. The van der Waals surface area contributed by atoms with E-state index in [1.165, 1.54) is 4.90 Å². The van der Waals surface area contributed by atoms with Gasteiger partial charge >= 0.3 is 0 Å². The van der Waals surface area contributed by atoms with E-state index in [0.29, 0.717) is 5.69 Å². The lowest BCUT2D eigenvalue weighted by molar-refractivity contribution is -0.126. The van der Waals surface area contributed by atoms with E-state index < -0.39 is 18.1 Å². The first-order chi connectivity index (χ1) is 15.0. The van der Waals surface area contributed by atoms with Crippen molar-refractivity contribution in [2.75, 3.05) is 9.96 Å². The topological polar surface area (TPSA) is 49.9 Å². The first kappa shape index (κ1) is 20.0. The Morgan fingerprint density at radius 1 is 0.871 bits per heavy atom. The highest BCUT2D eigenvalue weighted by atomic mass is 79.9. The second kappa shape index (κ2) is 7.62. The molecule has 2 amide bonds. The lowest BCUT2D eigenvalue weighted by Gasteiger charge is -2.29. The summed E-state index contributed by atoms with van der Waals surface area (Å²) in [6.45, 7) is 3.91. The van der Waals surface area contributed by atoms with Gasteiger partial charge in [-0.05, 0) is 55.3 Å². The predicted molar refractivity (Wildman–Crippen MR) is 123 cm³/mol. The Labute approximate surface area is 189 Å². The maximum Gasteiger partial charge on any atom is 0.266 e. The van der Waals surface area contributed by atoms with Gasteiger partial charge in [0.2, 0.25) is 5.91 Å². The zero-order valence-electron chi connectivity index (χ0n) is 17.2. The van der Waals surface area contributed by atoms with Crippen molar-refractivity contribution in [1.29, 1.82) is 0 Å². The van der Waals surface area contributed by atoms with E-state index in [4.69, 9.17) is 4.84 Å². The van der Waals surface area contributed by atoms with Gasteiger partial charge in [-0.1, -0.05) is 64.0 Å². The van der Waals surface area contributed by atoms with Crippen LogP contribution in [0.25, 0.3) is 0 Å².